The molecule has 1 rings (SSSR count). The standard InChI is InChI=1S/C14H28N4O2S/c1-4-6-7-8-9-12(3)17-21(19,20)13-11-18(10-5-2)16-14(13)15/h11-12,17H,4-10H2,1-3H3,(H2,15,16). The summed E-state index contributed by atoms with van der Waals surface area (Å²) < 4.78 is 28.9. The molecule has 21 heavy (non-hydrogen) atoms. The molecule has 0 amide bonds. The van der Waals surface area contributed by atoms with Gasteiger partial charge in [0.25, 0.3) is 0 Å². The van der Waals surface area contributed by atoms with Crippen LogP contribution in [0.4, 0.5) is 5.82 Å². The van der Waals surface area contributed by atoms with Gasteiger partial charge in [-0.1, -0.05) is 39.5 Å². The maximum atomic E-state index is 12.3. The highest BCUT2D eigenvalue weighted by Gasteiger charge is 2.22. The Morgan fingerprint density at radius 1 is 1.29 bits per heavy atom. The van der Waals surface area contributed by atoms with E-state index in [1.165, 1.54) is 19.0 Å². The van der Waals surface area contributed by atoms with Gasteiger partial charge in [-0.2, -0.15) is 5.10 Å². The molecule has 0 fully saturated rings. The predicted octanol–water partition coefficient (Wildman–Crippen LogP) is 2.51. The summed E-state index contributed by atoms with van der Waals surface area (Å²) in [5, 5.41) is 4.04. The van der Waals surface area contributed by atoms with E-state index < -0.39 is 10.0 Å². The Hall–Kier alpha value is -1.08. The molecule has 0 saturated heterocycles. The summed E-state index contributed by atoms with van der Waals surface area (Å²) in [7, 11) is -3.59. The first-order valence-electron chi connectivity index (χ1n) is 7.76. The summed E-state index contributed by atoms with van der Waals surface area (Å²) in [4.78, 5) is 0.0800. The lowest BCUT2D eigenvalue weighted by Gasteiger charge is -2.13. The van der Waals surface area contributed by atoms with Gasteiger partial charge in [-0.25, -0.2) is 13.1 Å². The SMILES string of the molecule is CCCCCCC(C)NS(=O)(=O)c1cn(CCC)nc1N. The van der Waals surface area contributed by atoms with Crippen LogP contribution in [0.2, 0.25) is 0 Å². The summed E-state index contributed by atoms with van der Waals surface area (Å²) in [6.45, 7) is 6.70. The van der Waals surface area contributed by atoms with Crippen LogP contribution in [0, 0.1) is 0 Å². The minimum Gasteiger partial charge on any atom is -0.381 e. The minimum atomic E-state index is -3.59. The van der Waals surface area contributed by atoms with Crippen LogP contribution in [-0.2, 0) is 16.6 Å². The zero-order valence-corrected chi connectivity index (χ0v) is 14.1. The third-order valence-electron chi connectivity index (χ3n) is 3.34. The molecule has 0 bridgehead atoms. The van der Waals surface area contributed by atoms with Crippen LogP contribution in [-0.4, -0.2) is 24.2 Å². The van der Waals surface area contributed by atoms with Gasteiger partial charge in [0.2, 0.25) is 10.0 Å². The van der Waals surface area contributed by atoms with Gasteiger partial charge < -0.3 is 5.73 Å². The molecule has 1 aromatic rings. The molecular formula is C14H28N4O2S. The van der Waals surface area contributed by atoms with Crippen molar-refractivity contribution in [3.63, 3.8) is 0 Å². The van der Waals surface area contributed by atoms with E-state index in [1.54, 1.807) is 4.68 Å². The van der Waals surface area contributed by atoms with Gasteiger partial charge in [0, 0.05) is 18.8 Å². The van der Waals surface area contributed by atoms with Crippen molar-refractivity contribution in [1.82, 2.24) is 14.5 Å². The molecule has 122 valence electrons. The summed E-state index contributed by atoms with van der Waals surface area (Å²) in [6, 6.07) is -0.0965. The van der Waals surface area contributed by atoms with Crippen LogP contribution >= 0.6 is 0 Å². The van der Waals surface area contributed by atoms with Crippen molar-refractivity contribution >= 4 is 15.8 Å². The molecule has 0 aromatic carbocycles. The number of rotatable bonds is 10. The lowest BCUT2D eigenvalue weighted by atomic mass is 10.1. The Balaban J connectivity index is 2.64. The summed E-state index contributed by atoms with van der Waals surface area (Å²) >= 11 is 0. The van der Waals surface area contributed by atoms with E-state index >= 15 is 0 Å². The molecule has 0 aliphatic carbocycles. The molecule has 1 heterocycles. The summed E-state index contributed by atoms with van der Waals surface area (Å²) in [5.41, 5.74) is 5.72. The van der Waals surface area contributed by atoms with Gasteiger partial charge in [0.15, 0.2) is 5.82 Å². The number of hydrogen-bond donors (Lipinski definition) is 2. The van der Waals surface area contributed by atoms with Gasteiger partial charge >= 0.3 is 0 Å². The van der Waals surface area contributed by atoms with Crippen molar-refractivity contribution in [3.05, 3.63) is 6.20 Å². The van der Waals surface area contributed by atoms with E-state index in [4.69, 9.17) is 5.73 Å². The average Bonchev–Trinajstić information content (AvgIpc) is 2.76. The fourth-order valence-corrected chi connectivity index (χ4v) is 3.58. The first kappa shape index (κ1) is 18.0. The predicted molar refractivity (Wildman–Crippen MR) is 85.5 cm³/mol. The fraction of sp³-hybridized carbons (Fsp3) is 0.786. The van der Waals surface area contributed by atoms with Gasteiger partial charge in [-0.05, 0) is 19.8 Å². The summed E-state index contributed by atoms with van der Waals surface area (Å²) in [5.74, 6) is 0.0640. The Morgan fingerprint density at radius 3 is 2.62 bits per heavy atom. The zero-order chi connectivity index (χ0) is 15.9. The van der Waals surface area contributed by atoms with Gasteiger partial charge in [-0.3, -0.25) is 4.68 Å². The van der Waals surface area contributed by atoms with Crippen LogP contribution in [0.1, 0.15) is 59.3 Å². The van der Waals surface area contributed by atoms with E-state index in [2.05, 4.69) is 16.7 Å². The molecule has 1 atom stereocenters. The average molecular weight is 316 g/mol. The maximum absolute atomic E-state index is 12.3. The number of aromatic nitrogens is 2. The molecular weight excluding hydrogens is 288 g/mol. The monoisotopic (exact) mass is 316 g/mol. The molecule has 0 aliphatic rings. The molecule has 6 nitrogen and oxygen atoms in total. The van der Waals surface area contributed by atoms with Gasteiger partial charge in [0.1, 0.15) is 4.90 Å². The number of unbranched alkanes of at least 4 members (excludes halogenated alkanes) is 3. The smallest absolute Gasteiger partial charge is 0.246 e. The number of nitrogens with two attached hydrogens (primary N) is 1. The Morgan fingerprint density at radius 2 is 2.00 bits per heavy atom. The number of nitrogens with zero attached hydrogens (tertiary/aromatic N) is 2. The second kappa shape index (κ2) is 8.38. The quantitative estimate of drug-likeness (QED) is 0.649. The Labute approximate surface area is 128 Å². The van der Waals surface area contributed by atoms with Crippen LogP contribution in [0.3, 0.4) is 0 Å². The number of nitrogen functional groups attached to an aromatic ring is 1. The first-order chi connectivity index (χ1) is 9.90. The molecule has 0 radical (unpaired) electrons. The third-order valence-corrected chi connectivity index (χ3v) is 4.95. The number of anilines is 1. The van der Waals surface area contributed by atoms with Gasteiger partial charge in [-0.15, -0.1) is 0 Å². The van der Waals surface area contributed by atoms with Crippen molar-refractivity contribution in [1.29, 1.82) is 0 Å². The number of nitrogens with one attached hydrogen (secondary N) is 1. The molecule has 0 saturated carbocycles. The highest BCUT2D eigenvalue weighted by molar-refractivity contribution is 7.89. The zero-order valence-electron chi connectivity index (χ0n) is 13.3. The van der Waals surface area contributed by atoms with Crippen molar-refractivity contribution in [2.75, 3.05) is 5.73 Å². The molecule has 1 aromatic heterocycles. The lowest BCUT2D eigenvalue weighted by molar-refractivity contribution is 0.522. The van der Waals surface area contributed by atoms with Crippen molar-refractivity contribution in [2.24, 2.45) is 0 Å². The second-order valence-corrected chi connectivity index (χ2v) is 7.20. The normalized spacial score (nSPS) is 13.5. The van der Waals surface area contributed by atoms with Crippen molar-refractivity contribution < 1.29 is 8.42 Å². The van der Waals surface area contributed by atoms with E-state index in [1.807, 2.05) is 13.8 Å². The maximum Gasteiger partial charge on any atom is 0.246 e. The minimum absolute atomic E-state index is 0.0640. The van der Waals surface area contributed by atoms with E-state index in [0.717, 1.165) is 25.7 Å². The number of sulfonamides is 1. The topological polar surface area (TPSA) is 90.0 Å². The van der Waals surface area contributed by atoms with Crippen LogP contribution in [0.25, 0.3) is 0 Å². The fourth-order valence-electron chi connectivity index (χ4n) is 2.23. The molecule has 1 unspecified atom stereocenters. The second-order valence-electron chi connectivity index (χ2n) is 5.51. The Kier molecular flexibility index (Phi) is 7.17. The van der Waals surface area contributed by atoms with Gasteiger partial charge in [0.05, 0.1) is 0 Å². The van der Waals surface area contributed by atoms with Crippen molar-refractivity contribution in [3.8, 4) is 0 Å². The van der Waals surface area contributed by atoms with Crippen LogP contribution in [0.5, 0.6) is 0 Å². The van der Waals surface area contributed by atoms with E-state index in [9.17, 15) is 8.42 Å². The third kappa shape index (κ3) is 5.67. The number of aryl methyl sites for hydroxylation is 1. The Bertz CT molecular complexity index is 525. The number of hydrogen-bond acceptors (Lipinski definition) is 4. The van der Waals surface area contributed by atoms with Crippen LogP contribution in [0.15, 0.2) is 11.1 Å². The highest BCUT2D eigenvalue weighted by Crippen LogP contribution is 2.17. The molecule has 3 N–H and O–H groups in total. The largest absolute Gasteiger partial charge is 0.381 e. The summed E-state index contributed by atoms with van der Waals surface area (Å²) in [6.07, 6.45) is 7.75. The van der Waals surface area contributed by atoms with Crippen molar-refractivity contribution in [2.45, 2.75) is 76.8 Å². The first-order valence-corrected chi connectivity index (χ1v) is 9.24. The van der Waals surface area contributed by atoms with E-state index in [-0.39, 0.29) is 16.8 Å². The molecule has 7 heteroatoms. The van der Waals surface area contributed by atoms with E-state index in [0.29, 0.717) is 6.54 Å². The molecule has 0 aliphatic heterocycles. The molecule has 0 spiro atoms. The highest BCUT2D eigenvalue weighted by atomic mass is 32.2. The van der Waals surface area contributed by atoms with Crippen LogP contribution < -0.4 is 10.5 Å². The lowest BCUT2D eigenvalue weighted by Crippen LogP contribution is -2.32.